The summed E-state index contributed by atoms with van der Waals surface area (Å²) in [6.45, 7) is 0.714. The quantitative estimate of drug-likeness (QED) is 0.419. The Hall–Kier alpha value is -2.08. The van der Waals surface area contributed by atoms with Gasteiger partial charge in [0.25, 0.3) is 0 Å². The Morgan fingerprint density at radius 3 is 2.52 bits per heavy atom. The maximum atomic E-state index is 11.2. The minimum Gasteiger partial charge on any atom is -0.493 e. The van der Waals surface area contributed by atoms with Crippen molar-refractivity contribution < 1.29 is 29.3 Å². The lowest BCUT2D eigenvalue weighted by Gasteiger charge is -2.13. The average Bonchev–Trinajstić information content (AvgIpc) is 2.60. The van der Waals surface area contributed by atoms with Crippen molar-refractivity contribution in [2.45, 2.75) is 51.4 Å². The van der Waals surface area contributed by atoms with Crippen LogP contribution in [0.5, 0.6) is 5.75 Å². The SMILES string of the molecule is COC(=O)CCCc1ccc(CCC(=O)O)c(OCCCCCO)c1. The van der Waals surface area contributed by atoms with E-state index in [0.717, 1.165) is 36.8 Å². The Bertz CT molecular complexity index is 541. The number of rotatable bonds is 13. The smallest absolute Gasteiger partial charge is 0.305 e. The van der Waals surface area contributed by atoms with Gasteiger partial charge in [0, 0.05) is 19.4 Å². The summed E-state index contributed by atoms with van der Waals surface area (Å²) in [5, 5.41) is 17.7. The van der Waals surface area contributed by atoms with Crippen molar-refractivity contribution in [2.75, 3.05) is 20.3 Å². The number of carboxylic acids is 1. The van der Waals surface area contributed by atoms with Crippen molar-refractivity contribution in [2.24, 2.45) is 0 Å². The van der Waals surface area contributed by atoms with E-state index in [4.69, 9.17) is 14.9 Å². The van der Waals surface area contributed by atoms with Crippen LogP contribution in [0.25, 0.3) is 0 Å². The van der Waals surface area contributed by atoms with E-state index in [-0.39, 0.29) is 19.0 Å². The number of esters is 1. The molecule has 140 valence electrons. The molecule has 0 aliphatic carbocycles. The molecule has 0 heterocycles. The lowest BCUT2D eigenvalue weighted by Crippen LogP contribution is -2.04. The van der Waals surface area contributed by atoms with Crippen LogP contribution in [0.3, 0.4) is 0 Å². The van der Waals surface area contributed by atoms with Crippen molar-refractivity contribution in [1.29, 1.82) is 0 Å². The number of carbonyl (C=O) groups excluding carboxylic acids is 1. The van der Waals surface area contributed by atoms with Crippen molar-refractivity contribution in [1.82, 2.24) is 0 Å². The minimum atomic E-state index is -0.837. The summed E-state index contributed by atoms with van der Waals surface area (Å²) in [6.07, 6.45) is 4.75. The van der Waals surface area contributed by atoms with Gasteiger partial charge in [-0.05, 0) is 55.7 Å². The molecule has 0 aliphatic rings. The molecule has 0 spiro atoms. The maximum Gasteiger partial charge on any atom is 0.305 e. The number of aliphatic carboxylic acids is 1. The molecule has 0 unspecified atom stereocenters. The van der Waals surface area contributed by atoms with Gasteiger partial charge >= 0.3 is 11.9 Å². The Labute approximate surface area is 148 Å². The molecule has 1 aromatic rings. The zero-order valence-corrected chi connectivity index (χ0v) is 14.8. The fraction of sp³-hybridized carbons (Fsp3) is 0.579. The summed E-state index contributed by atoms with van der Waals surface area (Å²) in [6, 6.07) is 5.78. The monoisotopic (exact) mass is 352 g/mol. The third-order valence-corrected chi connectivity index (χ3v) is 3.87. The average molecular weight is 352 g/mol. The zero-order chi connectivity index (χ0) is 18.5. The highest BCUT2D eigenvalue weighted by atomic mass is 16.5. The first kappa shape index (κ1) is 21.0. The molecule has 0 radical (unpaired) electrons. The number of benzene rings is 1. The fourth-order valence-corrected chi connectivity index (χ4v) is 2.45. The normalized spacial score (nSPS) is 10.5. The predicted octanol–water partition coefficient (Wildman–Crippen LogP) is 2.74. The second-order valence-electron chi connectivity index (χ2n) is 5.90. The number of hydrogen-bond donors (Lipinski definition) is 2. The molecule has 25 heavy (non-hydrogen) atoms. The van der Waals surface area contributed by atoms with Crippen molar-refractivity contribution in [3.05, 3.63) is 29.3 Å². The zero-order valence-electron chi connectivity index (χ0n) is 14.8. The third kappa shape index (κ3) is 9.10. The Kier molecular flexibility index (Phi) is 10.3. The van der Waals surface area contributed by atoms with E-state index in [9.17, 15) is 9.59 Å². The molecule has 0 bridgehead atoms. The first-order chi connectivity index (χ1) is 12.1. The molecular weight excluding hydrogens is 324 g/mol. The number of carbonyl (C=O) groups is 2. The van der Waals surface area contributed by atoms with Crippen LogP contribution in [0.1, 0.15) is 49.7 Å². The van der Waals surface area contributed by atoms with Crippen molar-refractivity contribution in [3.63, 3.8) is 0 Å². The van der Waals surface area contributed by atoms with E-state index >= 15 is 0 Å². The van der Waals surface area contributed by atoms with Crippen LogP contribution in [0.4, 0.5) is 0 Å². The Balaban J connectivity index is 2.65. The molecule has 2 N–H and O–H groups in total. The highest BCUT2D eigenvalue weighted by molar-refractivity contribution is 5.69. The van der Waals surface area contributed by atoms with Gasteiger partial charge in [-0.1, -0.05) is 12.1 Å². The summed E-state index contributed by atoms with van der Waals surface area (Å²) in [5.74, 6) is -0.352. The summed E-state index contributed by atoms with van der Waals surface area (Å²) in [7, 11) is 1.38. The molecule has 0 saturated heterocycles. The second kappa shape index (κ2) is 12.3. The molecule has 1 rings (SSSR count). The summed E-state index contributed by atoms with van der Waals surface area (Å²) in [4.78, 5) is 22.0. The van der Waals surface area contributed by atoms with Crippen LogP contribution >= 0.6 is 0 Å². The van der Waals surface area contributed by atoms with Crippen LogP contribution < -0.4 is 4.74 Å². The predicted molar refractivity (Wildman–Crippen MR) is 93.8 cm³/mol. The van der Waals surface area contributed by atoms with Gasteiger partial charge in [0.1, 0.15) is 5.75 Å². The first-order valence-corrected chi connectivity index (χ1v) is 8.71. The van der Waals surface area contributed by atoms with Crippen LogP contribution in [0, 0.1) is 0 Å². The summed E-state index contributed by atoms with van der Waals surface area (Å²) in [5.41, 5.74) is 1.93. The van der Waals surface area contributed by atoms with E-state index in [1.165, 1.54) is 7.11 Å². The lowest BCUT2D eigenvalue weighted by molar-refractivity contribution is -0.140. The van der Waals surface area contributed by atoms with E-state index in [0.29, 0.717) is 31.6 Å². The number of aliphatic hydroxyl groups is 1. The number of hydrogen-bond acceptors (Lipinski definition) is 5. The number of ether oxygens (including phenoxy) is 2. The van der Waals surface area contributed by atoms with Gasteiger partial charge in [-0.3, -0.25) is 9.59 Å². The van der Waals surface area contributed by atoms with E-state index in [2.05, 4.69) is 4.74 Å². The van der Waals surface area contributed by atoms with Gasteiger partial charge in [-0.15, -0.1) is 0 Å². The highest BCUT2D eigenvalue weighted by Gasteiger charge is 2.09. The topological polar surface area (TPSA) is 93.1 Å². The molecule has 0 aliphatic heterocycles. The van der Waals surface area contributed by atoms with Gasteiger partial charge in [-0.25, -0.2) is 0 Å². The third-order valence-electron chi connectivity index (χ3n) is 3.87. The standard InChI is InChI=1S/C19H28O6/c1-24-19(23)7-5-6-15-8-9-16(10-11-18(21)22)17(14-15)25-13-4-2-3-12-20/h8-9,14,20H,2-7,10-13H2,1H3,(H,21,22). The molecule has 6 nitrogen and oxygen atoms in total. The molecule has 1 aromatic carbocycles. The Morgan fingerprint density at radius 2 is 1.84 bits per heavy atom. The summed E-state index contributed by atoms with van der Waals surface area (Å²) < 4.78 is 10.5. The van der Waals surface area contributed by atoms with Crippen LogP contribution in [-0.4, -0.2) is 42.5 Å². The van der Waals surface area contributed by atoms with Crippen LogP contribution in [-0.2, 0) is 27.2 Å². The minimum absolute atomic E-state index is 0.0581. The Morgan fingerprint density at radius 1 is 1.04 bits per heavy atom. The highest BCUT2D eigenvalue weighted by Crippen LogP contribution is 2.24. The number of carboxylic acid groups (broad SMARTS) is 1. The number of aliphatic hydroxyl groups excluding tert-OH is 1. The molecular formula is C19H28O6. The van der Waals surface area contributed by atoms with Crippen molar-refractivity contribution in [3.8, 4) is 5.75 Å². The molecule has 0 fully saturated rings. The van der Waals surface area contributed by atoms with E-state index in [1.54, 1.807) is 0 Å². The largest absolute Gasteiger partial charge is 0.493 e. The number of aryl methyl sites for hydroxylation is 2. The first-order valence-electron chi connectivity index (χ1n) is 8.71. The van der Waals surface area contributed by atoms with Crippen LogP contribution in [0.2, 0.25) is 0 Å². The van der Waals surface area contributed by atoms with Gasteiger partial charge in [-0.2, -0.15) is 0 Å². The van der Waals surface area contributed by atoms with Gasteiger partial charge in [0.15, 0.2) is 0 Å². The van der Waals surface area contributed by atoms with Crippen LogP contribution in [0.15, 0.2) is 18.2 Å². The van der Waals surface area contributed by atoms with Gasteiger partial charge < -0.3 is 19.7 Å². The fourth-order valence-electron chi connectivity index (χ4n) is 2.45. The summed E-state index contributed by atoms with van der Waals surface area (Å²) >= 11 is 0. The molecule has 6 heteroatoms. The molecule has 0 aromatic heterocycles. The molecule has 0 atom stereocenters. The number of methoxy groups -OCH3 is 1. The van der Waals surface area contributed by atoms with Gasteiger partial charge in [0.05, 0.1) is 13.7 Å². The number of unbranched alkanes of at least 4 members (excludes halogenated alkanes) is 2. The van der Waals surface area contributed by atoms with E-state index < -0.39 is 5.97 Å². The van der Waals surface area contributed by atoms with E-state index in [1.807, 2.05) is 18.2 Å². The van der Waals surface area contributed by atoms with Gasteiger partial charge in [0.2, 0.25) is 0 Å². The second-order valence-corrected chi connectivity index (χ2v) is 5.90. The van der Waals surface area contributed by atoms with Crippen molar-refractivity contribution >= 4 is 11.9 Å². The lowest BCUT2D eigenvalue weighted by atomic mass is 10.0. The molecule has 0 saturated carbocycles. The maximum absolute atomic E-state index is 11.2. The molecule has 0 amide bonds.